The summed E-state index contributed by atoms with van der Waals surface area (Å²) in [5.74, 6) is 1.57. The zero-order valence-corrected chi connectivity index (χ0v) is 16.6. The molecule has 7 heteroatoms. The Morgan fingerprint density at radius 1 is 1.34 bits per heavy atom. The van der Waals surface area contributed by atoms with E-state index in [1.807, 2.05) is 29.0 Å². The van der Waals surface area contributed by atoms with Crippen molar-refractivity contribution in [3.8, 4) is 5.82 Å². The molecule has 5 rings (SSSR count). The SMILES string of the molecule is CO[C@@]1(c2cc(C)cc(-n3ccc4cnc(NC(=O)C5CC5)cc43)n2)CCOC1. The van der Waals surface area contributed by atoms with Crippen LogP contribution in [0.25, 0.3) is 16.7 Å². The molecule has 1 aliphatic carbocycles. The molecule has 1 N–H and O–H groups in total. The normalized spacial score (nSPS) is 21.6. The van der Waals surface area contributed by atoms with Crippen LogP contribution in [0.2, 0.25) is 0 Å². The highest BCUT2D eigenvalue weighted by Gasteiger charge is 2.38. The molecule has 7 nitrogen and oxygen atoms in total. The van der Waals surface area contributed by atoms with Crippen molar-refractivity contribution in [3.05, 3.63) is 47.9 Å². The van der Waals surface area contributed by atoms with Gasteiger partial charge < -0.3 is 19.4 Å². The van der Waals surface area contributed by atoms with Crippen LogP contribution in [-0.4, -0.2) is 40.8 Å². The summed E-state index contributed by atoms with van der Waals surface area (Å²) in [6, 6.07) is 8.02. The third-order valence-corrected chi connectivity index (χ3v) is 5.82. The number of carbonyl (C=O) groups excluding carboxylic acids is 1. The molecule has 1 aliphatic heterocycles. The van der Waals surface area contributed by atoms with E-state index in [1.54, 1.807) is 13.3 Å². The fourth-order valence-corrected chi connectivity index (χ4v) is 3.89. The van der Waals surface area contributed by atoms with Crippen LogP contribution in [-0.2, 0) is 19.9 Å². The number of carbonyl (C=O) groups is 1. The molecule has 0 radical (unpaired) electrons. The van der Waals surface area contributed by atoms with Gasteiger partial charge in [-0.25, -0.2) is 9.97 Å². The molecule has 2 fully saturated rings. The van der Waals surface area contributed by atoms with E-state index in [4.69, 9.17) is 14.5 Å². The van der Waals surface area contributed by atoms with Crippen LogP contribution in [0.4, 0.5) is 5.82 Å². The lowest BCUT2D eigenvalue weighted by Crippen LogP contribution is -2.30. The van der Waals surface area contributed by atoms with E-state index < -0.39 is 5.60 Å². The van der Waals surface area contributed by atoms with Gasteiger partial charge >= 0.3 is 0 Å². The van der Waals surface area contributed by atoms with Crippen molar-refractivity contribution in [2.75, 3.05) is 25.6 Å². The van der Waals surface area contributed by atoms with Gasteiger partial charge in [0.1, 0.15) is 17.2 Å². The molecule has 1 amide bonds. The Balaban J connectivity index is 1.55. The Kier molecular flexibility index (Phi) is 4.37. The summed E-state index contributed by atoms with van der Waals surface area (Å²) >= 11 is 0. The molecular formula is C22H24N4O3. The minimum Gasteiger partial charge on any atom is -0.378 e. The zero-order chi connectivity index (χ0) is 20.0. The number of aromatic nitrogens is 3. The Hall–Kier alpha value is -2.77. The molecule has 3 aromatic rings. The van der Waals surface area contributed by atoms with E-state index in [-0.39, 0.29) is 11.8 Å². The molecule has 150 valence electrons. The Labute approximate surface area is 169 Å². The highest BCUT2D eigenvalue weighted by atomic mass is 16.5. The van der Waals surface area contributed by atoms with Gasteiger partial charge in [-0.2, -0.15) is 0 Å². The monoisotopic (exact) mass is 392 g/mol. The minimum atomic E-state index is -0.505. The Morgan fingerprint density at radius 3 is 2.93 bits per heavy atom. The molecule has 0 aromatic carbocycles. The summed E-state index contributed by atoms with van der Waals surface area (Å²) in [6.45, 7) is 3.23. The van der Waals surface area contributed by atoms with Crippen LogP contribution in [0.15, 0.2) is 36.7 Å². The van der Waals surface area contributed by atoms with Crippen molar-refractivity contribution in [2.45, 2.75) is 31.8 Å². The molecule has 0 spiro atoms. The second-order valence-corrected chi connectivity index (χ2v) is 7.97. The van der Waals surface area contributed by atoms with Crippen LogP contribution in [0, 0.1) is 12.8 Å². The highest BCUT2D eigenvalue weighted by Crippen LogP contribution is 2.34. The van der Waals surface area contributed by atoms with E-state index >= 15 is 0 Å². The van der Waals surface area contributed by atoms with Crippen molar-refractivity contribution in [1.82, 2.24) is 14.5 Å². The smallest absolute Gasteiger partial charge is 0.228 e. The molecule has 29 heavy (non-hydrogen) atoms. The lowest BCUT2D eigenvalue weighted by Gasteiger charge is -2.26. The topological polar surface area (TPSA) is 78.3 Å². The average Bonchev–Trinajstić information content (AvgIpc) is 3.31. The number of hydrogen-bond donors (Lipinski definition) is 1. The number of rotatable bonds is 5. The predicted octanol–water partition coefficient (Wildman–Crippen LogP) is 3.34. The van der Waals surface area contributed by atoms with E-state index in [2.05, 4.69) is 23.3 Å². The van der Waals surface area contributed by atoms with Gasteiger partial charge in [0.05, 0.1) is 17.8 Å². The number of fused-ring (bicyclic) bond motifs is 1. The van der Waals surface area contributed by atoms with Gasteiger partial charge in [0.25, 0.3) is 0 Å². The lowest BCUT2D eigenvalue weighted by atomic mass is 9.97. The van der Waals surface area contributed by atoms with E-state index in [9.17, 15) is 4.79 Å². The number of amides is 1. The third-order valence-electron chi connectivity index (χ3n) is 5.82. The number of nitrogens with zero attached hydrogens (tertiary/aromatic N) is 3. The summed E-state index contributed by atoms with van der Waals surface area (Å²) in [4.78, 5) is 21.4. The molecule has 1 atom stereocenters. The first-order valence-electron chi connectivity index (χ1n) is 9.98. The molecule has 3 aromatic heterocycles. The molecule has 4 heterocycles. The summed E-state index contributed by atoms with van der Waals surface area (Å²) < 4.78 is 13.5. The van der Waals surface area contributed by atoms with Gasteiger partial charge in [-0.15, -0.1) is 0 Å². The van der Waals surface area contributed by atoms with Crippen molar-refractivity contribution in [2.24, 2.45) is 5.92 Å². The second-order valence-electron chi connectivity index (χ2n) is 7.97. The van der Waals surface area contributed by atoms with Gasteiger partial charge in [0.15, 0.2) is 0 Å². The first kappa shape index (κ1) is 18.3. The van der Waals surface area contributed by atoms with Crippen LogP contribution in [0.1, 0.15) is 30.5 Å². The molecule has 0 bridgehead atoms. The number of anilines is 1. The minimum absolute atomic E-state index is 0.0502. The molecule has 0 unspecified atom stereocenters. The van der Waals surface area contributed by atoms with Gasteiger partial charge in [0.2, 0.25) is 5.91 Å². The van der Waals surface area contributed by atoms with Crippen molar-refractivity contribution in [3.63, 3.8) is 0 Å². The third kappa shape index (κ3) is 3.30. The predicted molar refractivity (Wildman–Crippen MR) is 109 cm³/mol. The van der Waals surface area contributed by atoms with Crippen LogP contribution in [0.5, 0.6) is 0 Å². The number of nitrogens with one attached hydrogen (secondary N) is 1. The summed E-state index contributed by atoms with van der Waals surface area (Å²) in [5.41, 5.74) is 2.43. The molecule has 1 saturated carbocycles. The largest absolute Gasteiger partial charge is 0.378 e. The fraction of sp³-hybridized carbons (Fsp3) is 0.409. The first-order valence-corrected chi connectivity index (χ1v) is 9.98. The lowest BCUT2D eigenvalue weighted by molar-refractivity contribution is -0.117. The zero-order valence-electron chi connectivity index (χ0n) is 16.6. The molecule has 1 saturated heterocycles. The van der Waals surface area contributed by atoms with E-state index in [0.29, 0.717) is 19.0 Å². The number of methoxy groups -OCH3 is 1. The average molecular weight is 392 g/mol. The quantitative estimate of drug-likeness (QED) is 0.721. The van der Waals surface area contributed by atoms with Crippen molar-refractivity contribution >= 4 is 22.6 Å². The van der Waals surface area contributed by atoms with Crippen LogP contribution < -0.4 is 5.32 Å². The van der Waals surface area contributed by atoms with E-state index in [0.717, 1.165) is 47.2 Å². The first-order chi connectivity index (χ1) is 14.1. The van der Waals surface area contributed by atoms with E-state index in [1.165, 1.54) is 0 Å². The highest BCUT2D eigenvalue weighted by molar-refractivity contribution is 5.95. The number of ether oxygens (including phenoxy) is 2. The van der Waals surface area contributed by atoms with Gasteiger partial charge in [-0.1, -0.05) is 0 Å². The molecular weight excluding hydrogens is 368 g/mol. The summed E-state index contributed by atoms with van der Waals surface area (Å²) in [6.07, 6.45) is 6.48. The fourth-order valence-electron chi connectivity index (χ4n) is 3.89. The summed E-state index contributed by atoms with van der Waals surface area (Å²) in [7, 11) is 1.71. The van der Waals surface area contributed by atoms with Crippen LogP contribution in [0.3, 0.4) is 0 Å². The number of hydrogen-bond acceptors (Lipinski definition) is 5. The number of pyridine rings is 2. The van der Waals surface area contributed by atoms with Gasteiger partial charge in [-0.3, -0.25) is 4.79 Å². The van der Waals surface area contributed by atoms with Crippen molar-refractivity contribution in [1.29, 1.82) is 0 Å². The molecule has 2 aliphatic rings. The standard InChI is InChI=1S/C22H24N4O3/c1-14-9-18(22(28-2)6-8-29-13-22)24-20(10-14)26-7-5-16-12-23-19(11-17(16)26)25-21(27)15-3-4-15/h5,7,9-12,15H,3-4,6,8,13H2,1-2H3,(H,23,25,27)/t22-/m0/s1. The second kappa shape index (κ2) is 6.93. The van der Waals surface area contributed by atoms with Gasteiger partial charge in [0, 0.05) is 49.9 Å². The Bertz CT molecular complexity index is 1080. The van der Waals surface area contributed by atoms with Gasteiger partial charge in [-0.05, 0) is 43.5 Å². The maximum absolute atomic E-state index is 12.1. The summed E-state index contributed by atoms with van der Waals surface area (Å²) in [5, 5.41) is 3.92. The maximum atomic E-state index is 12.1. The van der Waals surface area contributed by atoms with Crippen LogP contribution >= 0.6 is 0 Å². The maximum Gasteiger partial charge on any atom is 0.228 e. The number of aryl methyl sites for hydroxylation is 1. The Morgan fingerprint density at radius 2 is 2.21 bits per heavy atom. The van der Waals surface area contributed by atoms with Crippen molar-refractivity contribution < 1.29 is 14.3 Å².